The van der Waals surface area contributed by atoms with Crippen LogP contribution in [0.4, 0.5) is 0 Å². The first-order chi connectivity index (χ1) is 11.0. The van der Waals surface area contributed by atoms with Crippen LogP contribution in [-0.2, 0) is 10.2 Å². The molecule has 0 radical (unpaired) electrons. The Kier molecular flexibility index (Phi) is 4.22. The number of hydrogen-bond acceptors (Lipinski definition) is 2. The highest BCUT2D eigenvalue weighted by molar-refractivity contribution is 5.95. The summed E-state index contributed by atoms with van der Waals surface area (Å²) in [6.45, 7) is 5.89. The maximum Gasteiger partial charge on any atom is 0.147 e. The number of fused-ring (bicyclic) bond motifs is 3. The fourth-order valence-electron chi connectivity index (χ4n) is 4.96. The number of Topliss-reactive ketones (excluding diaryl/α,β-unsaturated/α-hetero) is 1. The summed E-state index contributed by atoms with van der Waals surface area (Å²) in [4.78, 5) is 12.7. The van der Waals surface area contributed by atoms with Gasteiger partial charge in [-0.2, -0.15) is 0 Å². The number of benzene rings is 1. The quantitative estimate of drug-likeness (QED) is 0.619. The first-order valence-corrected chi connectivity index (χ1v) is 9.02. The van der Waals surface area contributed by atoms with Crippen LogP contribution < -0.4 is 0 Å². The third-order valence-electron chi connectivity index (χ3n) is 6.15. The molecule has 2 aliphatic carbocycles. The molecule has 23 heavy (non-hydrogen) atoms. The largest absolute Gasteiger partial charge is 0.387 e. The van der Waals surface area contributed by atoms with E-state index in [4.69, 9.17) is 0 Å². The fraction of sp³-hybridized carbons (Fsp3) is 0.571. The van der Waals surface area contributed by atoms with Gasteiger partial charge in [-0.05, 0) is 24.5 Å². The number of rotatable bonds is 6. The molecule has 2 nitrogen and oxygen atoms in total. The molecule has 0 heterocycles. The van der Waals surface area contributed by atoms with E-state index in [-0.39, 0.29) is 17.6 Å². The second-order valence-electron chi connectivity index (χ2n) is 7.33. The third kappa shape index (κ3) is 2.07. The molecule has 0 aliphatic heterocycles. The van der Waals surface area contributed by atoms with Gasteiger partial charge in [-0.1, -0.05) is 75.9 Å². The van der Waals surface area contributed by atoms with Crippen LogP contribution in [0.25, 0.3) is 0 Å². The van der Waals surface area contributed by atoms with Crippen molar-refractivity contribution < 1.29 is 9.90 Å². The van der Waals surface area contributed by atoms with Gasteiger partial charge in [-0.3, -0.25) is 4.79 Å². The van der Waals surface area contributed by atoms with Gasteiger partial charge in [0.25, 0.3) is 0 Å². The predicted molar refractivity (Wildman–Crippen MR) is 93.6 cm³/mol. The lowest BCUT2D eigenvalue weighted by molar-refractivity contribution is -0.132. The Morgan fingerprint density at radius 2 is 1.96 bits per heavy atom. The molecule has 0 amide bonds. The van der Waals surface area contributed by atoms with Crippen LogP contribution in [0.2, 0.25) is 0 Å². The zero-order valence-electron chi connectivity index (χ0n) is 14.5. The molecule has 1 aromatic carbocycles. The van der Waals surface area contributed by atoms with Crippen LogP contribution in [0.5, 0.6) is 0 Å². The van der Waals surface area contributed by atoms with Crippen molar-refractivity contribution in [3.63, 3.8) is 0 Å². The van der Waals surface area contributed by atoms with E-state index in [1.54, 1.807) is 6.92 Å². The first kappa shape index (κ1) is 16.4. The molecule has 2 aliphatic rings. The van der Waals surface area contributed by atoms with E-state index < -0.39 is 11.0 Å². The number of carbonyl (C=O) groups is 1. The Balaban J connectivity index is 2.05. The lowest BCUT2D eigenvalue weighted by Crippen LogP contribution is -2.54. The van der Waals surface area contributed by atoms with E-state index in [9.17, 15) is 9.90 Å². The minimum absolute atomic E-state index is 0.00465. The number of carbonyl (C=O) groups excluding carboxylic acids is 1. The molecule has 1 N–H and O–H groups in total. The lowest BCUT2D eigenvalue weighted by atomic mass is 9.65. The van der Waals surface area contributed by atoms with Crippen molar-refractivity contribution in [1.29, 1.82) is 0 Å². The van der Waals surface area contributed by atoms with Gasteiger partial charge in [0, 0.05) is 11.8 Å². The summed E-state index contributed by atoms with van der Waals surface area (Å²) in [5, 5.41) is 11.8. The molecule has 0 unspecified atom stereocenters. The molecular weight excluding hydrogens is 284 g/mol. The SMILES string of the molecule is CCCCCC[C@@H]1c2ccccc2[C@@]2(C(C)=O)C=C[C@H](C)[C@@]12O. The Bertz CT molecular complexity index is 632. The van der Waals surface area contributed by atoms with Crippen molar-refractivity contribution in [2.75, 3.05) is 0 Å². The molecule has 0 saturated heterocycles. The second-order valence-corrected chi connectivity index (χ2v) is 7.33. The van der Waals surface area contributed by atoms with Gasteiger partial charge in [-0.15, -0.1) is 0 Å². The van der Waals surface area contributed by atoms with E-state index in [0.29, 0.717) is 0 Å². The normalized spacial score (nSPS) is 34.4. The highest BCUT2D eigenvalue weighted by Gasteiger charge is 2.67. The van der Waals surface area contributed by atoms with Crippen molar-refractivity contribution in [3.8, 4) is 0 Å². The van der Waals surface area contributed by atoms with Crippen molar-refractivity contribution in [2.24, 2.45) is 5.92 Å². The predicted octanol–water partition coefficient (Wildman–Crippen LogP) is 4.52. The van der Waals surface area contributed by atoms with Crippen molar-refractivity contribution in [3.05, 3.63) is 47.5 Å². The van der Waals surface area contributed by atoms with Crippen LogP contribution in [-0.4, -0.2) is 16.5 Å². The molecule has 0 fully saturated rings. The van der Waals surface area contributed by atoms with Crippen molar-refractivity contribution >= 4 is 5.78 Å². The first-order valence-electron chi connectivity index (χ1n) is 9.02. The summed E-state index contributed by atoms with van der Waals surface area (Å²) in [5.74, 6) is 0.100. The monoisotopic (exact) mass is 312 g/mol. The van der Waals surface area contributed by atoms with Gasteiger partial charge in [0.1, 0.15) is 11.2 Å². The Morgan fingerprint density at radius 1 is 1.22 bits per heavy atom. The number of unbranched alkanes of at least 4 members (excludes halogenated alkanes) is 3. The molecular formula is C21H28O2. The van der Waals surface area contributed by atoms with E-state index in [1.165, 1.54) is 24.8 Å². The van der Waals surface area contributed by atoms with Crippen LogP contribution in [0.1, 0.15) is 69.9 Å². The smallest absolute Gasteiger partial charge is 0.147 e. The maximum atomic E-state index is 12.7. The highest BCUT2D eigenvalue weighted by Crippen LogP contribution is 2.62. The molecule has 0 spiro atoms. The number of ketones is 1. The van der Waals surface area contributed by atoms with Gasteiger partial charge in [0.2, 0.25) is 0 Å². The number of hydrogen-bond donors (Lipinski definition) is 1. The van der Waals surface area contributed by atoms with E-state index >= 15 is 0 Å². The van der Waals surface area contributed by atoms with Gasteiger partial charge in [0.15, 0.2) is 0 Å². The summed E-state index contributed by atoms with van der Waals surface area (Å²) in [7, 11) is 0. The number of aliphatic hydroxyl groups is 1. The molecule has 0 aromatic heterocycles. The van der Waals surface area contributed by atoms with Gasteiger partial charge < -0.3 is 5.11 Å². The minimum atomic E-state index is -1.01. The van der Waals surface area contributed by atoms with Crippen molar-refractivity contribution in [1.82, 2.24) is 0 Å². The third-order valence-corrected chi connectivity index (χ3v) is 6.15. The van der Waals surface area contributed by atoms with Crippen molar-refractivity contribution in [2.45, 2.75) is 69.8 Å². The van der Waals surface area contributed by atoms with Gasteiger partial charge in [0.05, 0.1) is 5.60 Å². The molecule has 4 atom stereocenters. The van der Waals surface area contributed by atoms with Crippen LogP contribution >= 0.6 is 0 Å². The standard InChI is InChI=1S/C21H28O2/c1-4-5-6-7-12-19-17-10-8-9-11-18(17)20(16(3)22)14-13-15(2)21(19,20)23/h8-11,13-15,19,23H,4-7,12H2,1-3H3/t15-,19+,20-,21+/m0/s1. The summed E-state index contributed by atoms with van der Waals surface area (Å²) in [6.07, 6.45) is 9.71. The van der Waals surface area contributed by atoms with E-state index in [2.05, 4.69) is 13.0 Å². The lowest BCUT2D eigenvalue weighted by Gasteiger charge is -2.41. The molecule has 124 valence electrons. The maximum absolute atomic E-state index is 12.7. The van der Waals surface area contributed by atoms with Gasteiger partial charge in [-0.25, -0.2) is 0 Å². The van der Waals surface area contributed by atoms with E-state index in [1.807, 2.05) is 37.3 Å². The topological polar surface area (TPSA) is 37.3 Å². The van der Waals surface area contributed by atoms with Crippen LogP contribution in [0.3, 0.4) is 0 Å². The Morgan fingerprint density at radius 3 is 2.65 bits per heavy atom. The minimum Gasteiger partial charge on any atom is -0.387 e. The Hall–Kier alpha value is -1.41. The highest BCUT2D eigenvalue weighted by atomic mass is 16.3. The summed E-state index contributed by atoms with van der Waals surface area (Å²) in [6, 6.07) is 8.17. The molecule has 1 aromatic rings. The average Bonchev–Trinajstić information content (AvgIpc) is 2.93. The summed E-state index contributed by atoms with van der Waals surface area (Å²) in [5.41, 5.74) is 0.349. The summed E-state index contributed by atoms with van der Waals surface area (Å²) >= 11 is 0. The zero-order chi connectivity index (χ0) is 16.7. The molecule has 0 saturated carbocycles. The fourth-order valence-corrected chi connectivity index (χ4v) is 4.96. The van der Waals surface area contributed by atoms with Crippen LogP contribution in [0, 0.1) is 5.92 Å². The van der Waals surface area contributed by atoms with Crippen LogP contribution in [0.15, 0.2) is 36.4 Å². The molecule has 3 rings (SSSR count). The summed E-state index contributed by atoms with van der Waals surface area (Å²) < 4.78 is 0. The van der Waals surface area contributed by atoms with Gasteiger partial charge >= 0.3 is 0 Å². The second kappa shape index (κ2) is 5.90. The molecule has 2 heteroatoms. The molecule has 0 bridgehead atoms. The average molecular weight is 312 g/mol. The zero-order valence-corrected chi connectivity index (χ0v) is 14.5. The Labute approximate surface area is 139 Å². The van der Waals surface area contributed by atoms with E-state index in [0.717, 1.165) is 18.4 Å².